The Bertz CT molecular complexity index is 303. The van der Waals surface area contributed by atoms with Gasteiger partial charge < -0.3 is 15.0 Å². The molecule has 2 aliphatic heterocycles. The predicted octanol–water partition coefficient (Wildman–Crippen LogP) is 1.02. The SMILES string of the molecule is O=C(NCC1(CN2CCCC2)CC1)C1CCOC1. The van der Waals surface area contributed by atoms with Crippen LogP contribution in [0.15, 0.2) is 0 Å². The van der Waals surface area contributed by atoms with E-state index in [1.165, 1.54) is 45.3 Å². The zero-order valence-electron chi connectivity index (χ0n) is 11.1. The average molecular weight is 252 g/mol. The zero-order valence-corrected chi connectivity index (χ0v) is 11.1. The molecule has 1 amide bonds. The number of hydrogen-bond acceptors (Lipinski definition) is 3. The van der Waals surface area contributed by atoms with Crippen molar-refractivity contribution in [3.05, 3.63) is 0 Å². The van der Waals surface area contributed by atoms with Crippen LogP contribution >= 0.6 is 0 Å². The largest absolute Gasteiger partial charge is 0.381 e. The Balaban J connectivity index is 1.42. The molecule has 2 heterocycles. The molecule has 0 radical (unpaired) electrons. The highest BCUT2D eigenvalue weighted by molar-refractivity contribution is 5.79. The molecule has 1 unspecified atom stereocenters. The lowest BCUT2D eigenvalue weighted by atomic mass is 10.0. The Labute approximate surface area is 109 Å². The number of carbonyl (C=O) groups is 1. The van der Waals surface area contributed by atoms with Crippen molar-refractivity contribution in [3.8, 4) is 0 Å². The Hall–Kier alpha value is -0.610. The molecule has 0 spiro atoms. The van der Waals surface area contributed by atoms with Crippen LogP contribution in [0, 0.1) is 11.3 Å². The summed E-state index contributed by atoms with van der Waals surface area (Å²) < 4.78 is 5.26. The van der Waals surface area contributed by atoms with Crippen LogP contribution in [-0.4, -0.2) is 50.2 Å². The summed E-state index contributed by atoms with van der Waals surface area (Å²) in [5.74, 6) is 0.313. The van der Waals surface area contributed by atoms with Crippen molar-refractivity contribution in [2.75, 3.05) is 39.4 Å². The molecule has 102 valence electrons. The Morgan fingerprint density at radius 2 is 2.11 bits per heavy atom. The topological polar surface area (TPSA) is 41.6 Å². The standard InChI is InChI=1S/C14H24N2O2/c17-13(12-3-8-18-9-12)15-10-14(4-5-14)11-16-6-1-2-7-16/h12H,1-11H2,(H,15,17). The third-order valence-electron chi connectivity index (χ3n) is 4.65. The molecule has 3 fully saturated rings. The van der Waals surface area contributed by atoms with E-state index in [9.17, 15) is 4.79 Å². The maximum atomic E-state index is 12.0. The number of nitrogens with one attached hydrogen (secondary N) is 1. The number of likely N-dealkylation sites (tertiary alicyclic amines) is 1. The van der Waals surface area contributed by atoms with Gasteiger partial charge in [0.1, 0.15) is 0 Å². The van der Waals surface area contributed by atoms with Gasteiger partial charge in [0.05, 0.1) is 12.5 Å². The number of ether oxygens (including phenoxy) is 1. The zero-order chi connectivity index (χ0) is 12.4. The van der Waals surface area contributed by atoms with Gasteiger partial charge in [0.15, 0.2) is 0 Å². The van der Waals surface area contributed by atoms with Crippen LogP contribution in [0.5, 0.6) is 0 Å². The van der Waals surface area contributed by atoms with Crippen LogP contribution in [0.3, 0.4) is 0 Å². The van der Waals surface area contributed by atoms with Crippen molar-refractivity contribution in [2.24, 2.45) is 11.3 Å². The molecule has 1 saturated carbocycles. The molecular formula is C14H24N2O2. The van der Waals surface area contributed by atoms with E-state index >= 15 is 0 Å². The Morgan fingerprint density at radius 3 is 2.72 bits per heavy atom. The van der Waals surface area contributed by atoms with Crippen molar-refractivity contribution < 1.29 is 9.53 Å². The maximum absolute atomic E-state index is 12.0. The van der Waals surface area contributed by atoms with E-state index in [0.29, 0.717) is 12.0 Å². The highest BCUT2D eigenvalue weighted by Crippen LogP contribution is 2.46. The Morgan fingerprint density at radius 1 is 1.33 bits per heavy atom. The van der Waals surface area contributed by atoms with E-state index in [1.807, 2.05) is 0 Å². The van der Waals surface area contributed by atoms with Crippen molar-refractivity contribution in [1.29, 1.82) is 0 Å². The van der Waals surface area contributed by atoms with Gasteiger partial charge in [0.25, 0.3) is 0 Å². The third kappa shape index (κ3) is 2.86. The van der Waals surface area contributed by atoms with Gasteiger partial charge in [-0.3, -0.25) is 4.79 Å². The summed E-state index contributed by atoms with van der Waals surface area (Å²) >= 11 is 0. The predicted molar refractivity (Wildman–Crippen MR) is 69.3 cm³/mol. The first-order valence-corrected chi connectivity index (χ1v) is 7.35. The quantitative estimate of drug-likeness (QED) is 0.794. The molecule has 4 nitrogen and oxygen atoms in total. The fourth-order valence-electron chi connectivity index (χ4n) is 3.14. The fraction of sp³-hybridized carbons (Fsp3) is 0.929. The summed E-state index contributed by atoms with van der Waals surface area (Å²) in [6.07, 6.45) is 6.16. The first-order chi connectivity index (χ1) is 8.77. The lowest BCUT2D eigenvalue weighted by molar-refractivity contribution is -0.125. The first kappa shape index (κ1) is 12.4. The highest BCUT2D eigenvalue weighted by Gasteiger charge is 2.44. The second-order valence-corrected chi connectivity index (χ2v) is 6.26. The fourth-order valence-corrected chi connectivity index (χ4v) is 3.14. The van der Waals surface area contributed by atoms with Crippen molar-refractivity contribution in [2.45, 2.75) is 32.1 Å². The lowest BCUT2D eigenvalue weighted by Gasteiger charge is -2.23. The van der Waals surface area contributed by atoms with E-state index in [4.69, 9.17) is 4.74 Å². The Kier molecular flexibility index (Phi) is 3.57. The van der Waals surface area contributed by atoms with Crippen molar-refractivity contribution >= 4 is 5.91 Å². The first-order valence-electron chi connectivity index (χ1n) is 7.35. The average Bonchev–Trinajstić information content (AvgIpc) is 2.84. The normalized spacial score (nSPS) is 30.6. The third-order valence-corrected chi connectivity index (χ3v) is 4.65. The minimum Gasteiger partial charge on any atom is -0.381 e. The van der Waals surface area contributed by atoms with Crippen LogP contribution in [0.4, 0.5) is 0 Å². The molecule has 1 aliphatic carbocycles. The number of carbonyl (C=O) groups excluding carboxylic acids is 1. The molecule has 0 aromatic rings. The molecule has 3 rings (SSSR count). The highest BCUT2D eigenvalue weighted by atomic mass is 16.5. The monoisotopic (exact) mass is 252 g/mol. The molecule has 1 atom stereocenters. The van der Waals surface area contributed by atoms with Crippen LogP contribution in [0.25, 0.3) is 0 Å². The summed E-state index contributed by atoms with van der Waals surface area (Å²) in [6.45, 7) is 5.94. The lowest BCUT2D eigenvalue weighted by Crippen LogP contribution is -2.39. The molecule has 18 heavy (non-hydrogen) atoms. The van der Waals surface area contributed by atoms with Gasteiger partial charge in [-0.25, -0.2) is 0 Å². The molecule has 2 saturated heterocycles. The van der Waals surface area contributed by atoms with Crippen molar-refractivity contribution in [1.82, 2.24) is 10.2 Å². The molecule has 1 N–H and O–H groups in total. The maximum Gasteiger partial charge on any atom is 0.225 e. The van der Waals surface area contributed by atoms with E-state index in [2.05, 4.69) is 10.2 Å². The number of rotatable bonds is 5. The van der Waals surface area contributed by atoms with E-state index in [1.54, 1.807) is 0 Å². The van der Waals surface area contributed by atoms with Crippen molar-refractivity contribution in [3.63, 3.8) is 0 Å². The molecule has 3 aliphatic rings. The summed E-state index contributed by atoms with van der Waals surface area (Å²) in [5, 5.41) is 3.16. The second-order valence-electron chi connectivity index (χ2n) is 6.26. The molecule has 0 aromatic heterocycles. The minimum absolute atomic E-state index is 0.104. The summed E-state index contributed by atoms with van der Waals surface area (Å²) in [4.78, 5) is 14.5. The van der Waals surface area contributed by atoms with Gasteiger partial charge in [-0.1, -0.05) is 0 Å². The smallest absolute Gasteiger partial charge is 0.225 e. The van der Waals surface area contributed by atoms with Crippen LogP contribution < -0.4 is 5.32 Å². The van der Waals surface area contributed by atoms with Crippen LogP contribution in [0.2, 0.25) is 0 Å². The van der Waals surface area contributed by atoms with Crippen LogP contribution in [-0.2, 0) is 9.53 Å². The second kappa shape index (κ2) is 5.17. The molecule has 0 aromatic carbocycles. The van der Waals surface area contributed by atoms with E-state index in [0.717, 1.165) is 19.6 Å². The van der Waals surface area contributed by atoms with Crippen LogP contribution in [0.1, 0.15) is 32.1 Å². The summed E-state index contributed by atoms with van der Waals surface area (Å²) in [6, 6.07) is 0. The van der Waals surface area contributed by atoms with Gasteiger partial charge in [-0.05, 0) is 45.2 Å². The number of nitrogens with zero attached hydrogens (tertiary/aromatic N) is 1. The minimum atomic E-state index is 0.104. The molecule has 0 bridgehead atoms. The van der Waals surface area contributed by atoms with Gasteiger partial charge in [0, 0.05) is 25.1 Å². The molecular weight excluding hydrogens is 228 g/mol. The van der Waals surface area contributed by atoms with Gasteiger partial charge >= 0.3 is 0 Å². The summed E-state index contributed by atoms with van der Waals surface area (Å²) in [7, 11) is 0. The molecule has 4 heteroatoms. The van der Waals surface area contributed by atoms with E-state index < -0.39 is 0 Å². The van der Waals surface area contributed by atoms with Gasteiger partial charge in [-0.2, -0.15) is 0 Å². The number of amides is 1. The van der Waals surface area contributed by atoms with Gasteiger partial charge in [-0.15, -0.1) is 0 Å². The number of hydrogen-bond donors (Lipinski definition) is 1. The van der Waals surface area contributed by atoms with Gasteiger partial charge in [0.2, 0.25) is 5.91 Å². The summed E-state index contributed by atoms with van der Waals surface area (Å²) in [5.41, 5.74) is 0.402. The van der Waals surface area contributed by atoms with E-state index in [-0.39, 0.29) is 11.8 Å².